The van der Waals surface area contributed by atoms with Gasteiger partial charge in [-0.1, -0.05) is 12.1 Å². The third-order valence-electron chi connectivity index (χ3n) is 4.87. The Balaban J connectivity index is 1.79. The van der Waals surface area contributed by atoms with Gasteiger partial charge in [0.25, 0.3) is 5.91 Å². The number of benzene rings is 1. The lowest BCUT2D eigenvalue weighted by Crippen LogP contribution is -2.15. The molecule has 0 spiro atoms. The third kappa shape index (κ3) is 3.23. The first-order valence-corrected chi connectivity index (χ1v) is 9.25. The van der Waals surface area contributed by atoms with Crippen LogP contribution in [0.25, 0.3) is 11.0 Å². The van der Waals surface area contributed by atoms with Gasteiger partial charge in [0.2, 0.25) is 0 Å². The zero-order valence-electron chi connectivity index (χ0n) is 15.7. The number of fused-ring (bicyclic) bond motifs is 1. The molecule has 6 nitrogen and oxygen atoms in total. The zero-order valence-corrected chi connectivity index (χ0v) is 15.7. The van der Waals surface area contributed by atoms with Gasteiger partial charge in [0.15, 0.2) is 11.4 Å². The molecule has 0 atom stereocenters. The maximum absolute atomic E-state index is 13.1. The van der Waals surface area contributed by atoms with E-state index in [0.29, 0.717) is 22.7 Å². The Morgan fingerprint density at radius 1 is 1.19 bits per heavy atom. The summed E-state index contributed by atoms with van der Waals surface area (Å²) in [5.74, 6) is 0.0827. The van der Waals surface area contributed by atoms with Crippen LogP contribution in [0.3, 0.4) is 0 Å². The molecular formula is C21H22N4O2. The summed E-state index contributed by atoms with van der Waals surface area (Å²) in [6.07, 6.45) is 3.90. The molecule has 27 heavy (non-hydrogen) atoms. The fourth-order valence-corrected chi connectivity index (χ4v) is 3.28. The van der Waals surface area contributed by atoms with Crippen molar-refractivity contribution >= 4 is 28.4 Å². The number of para-hydroxylation sites is 1. The minimum absolute atomic E-state index is 0.0860. The number of aromatic nitrogens is 3. The first-order chi connectivity index (χ1) is 13.0. The second-order valence-corrected chi connectivity index (χ2v) is 7.35. The minimum atomic E-state index is -0.249. The number of nitrogens with one attached hydrogen (secondary N) is 1. The van der Waals surface area contributed by atoms with Crippen molar-refractivity contribution in [2.75, 3.05) is 5.32 Å². The van der Waals surface area contributed by atoms with Gasteiger partial charge < -0.3 is 5.32 Å². The molecule has 2 heterocycles. The molecular weight excluding hydrogens is 340 g/mol. The molecule has 0 bridgehead atoms. The van der Waals surface area contributed by atoms with Crippen LogP contribution in [0.4, 0.5) is 5.69 Å². The van der Waals surface area contributed by atoms with Crippen molar-refractivity contribution in [3.63, 3.8) is 0 Å². The first-order valence-electron chi connectivity index (χ1n) is 9.25. The van der Waals surface area contributed by atoms with Gasteiger partial charge in [-0.2, -0.15) is 5.10 Å². The van der Waals surface area contributed by atoms with Crippen molar-refractivity contribution in [2.45, 2.75) is 45.6 Å². The van der Waals surface area contributed by atoms with Crippen LogP contribution in [-0.2, 0) is 0 Å². The van der Waals surface area contributed by atoms with E-state index in [0.717, 1.165) is 29.6 Å². The number of nitrogens with zero attached hydrogens (tertiary/aromatic N) is 3. The average Bonchev–Trinajstić information content (AvgIpc) is 3.40. The van der Waals surface area contributed by atoms with E-state index in [1.165, 1.54) is 6.92 Å². The molecule has 4 rings (SSSR count). The van der Waals surface area contributed by atoms with Gasteiger partial charge in [-0.3, -0.25) is 9.59 Å². The van der Waals surface area contributed by atoms with Gasteiger partial charge in [-0.25, -0.2) is 9.67 Å². The second kappa shape index (κ2) is 6.61. The van der Waals surface area contributed by atoms with E-state index in [-0.39, 0.29) is 17.7 Å². The Morgan fingerprint density at radius 3 is 2.59 bits per heavy atom. The Hall–Kier alpha value is -3.02. The monoisotopic (exact) mass is 362 g/mol. The second-order valence-electron chi connectivity index (χ2n) is 7.35. The predicted octanol–water partition coefficient (Wildman–Crippen LogP) is 4.34. The maximum atomic E-state index is 13.1. The highest BCUT2D eigenvalue weighted by molar-refractivity contribution is 6.14. The largest absolute Gasteiger partial charge is 0.321 e. The lowest BCUT2D eigenvalue weighted by atomic mass is 10.1. The molecule has 0 aliphatic heterocycles. The molecule has 0 saturated heterocycles. The molecule has 138 valence electrons. The van der Waals surface area contributed by atoms with E-state index in [9.17, 15) is 9.59 Å². The molecule has 1 amide bonds. The van der Waals surface area contributed by atoms with Crippen LogP contribution in [0.15, 0.2) is 36.5 Å². The summed E-state index contributed by atoms with van der Waals surface area (Å²) in [6.45, 7) is 5.58. The molecule has 1 aromatic carbocycles. The normalized spacial score (nSPS) is 13.9. The first kappa shape index (κ1) is 17.4. The minimum Gasteiger partial charge on any atom is -0.321 e. The topological polar surface area (TPSA) is 76.9 Å². The summed E-state index contributed by atoms with van der Waals surface area (Å²) in [7, 11) is 0. The maximum Gasteiger partial charge on any atom is 0.256 e. The van der Waals surface area contributed by atoms with Crippen molar-refractivity contribution in [3.8, 4) is 0 Å². The van der Waals surface area contributed by atoms with Crippen LogP contribution in [0, 0.1) is 0 Å². The molecule has 1 aliphatic carbocycles. The quantitative estimate of drug-likeness (QED) is 0.685. The van der Waals surface area contributed by atoms with Gasteiger partial charge in [0, 0.05) is 23.2 Å². The van der Waals surface area contributed by atoms with E-state index >= 15 is 0 Å². The SMILES string of the molecule is CC(=O)c1ccccc1NC(=O)c1cc(C2CC2)nc2c1cnn2C(C)C. The molecule has 3 aromatic rings. The summed E-state index contributed by atoms with van der Waals surface area (Å²) < 4.78 is 1.85. The molecule has 0 radical (unpaired) electrons. The number of pyridine rings is 1. The summed E-state index contributed by atoms with van der Waals surface area (Å²) in [4.78, 5) is 29.7. The number of rotatable bonds is 5. The number of hydrogen-bond donors (Lipinski definition) is 1. The summed E-state index contributed by atoms with van der Waals surface area (Å²) in [6, 6.07) is 9.07. The van der Waals surface area contributed by atoms with Crippen molar-refractivity contribution in [1.82, 2.24) is 14.8 Å². The van der Waals surface area contributed by atoms with Crippen molar-refractivity contribution in [1.29, 1.82) is 0 Å². The number of carbonyl (C=O) groups excluding carboxylic acids is 2. The number of amides is 1. The zero-order chi connectivity index (χ0) is 19.1. The molecule has 1 aliphatic rings. The molecule has 1 N–H and O–H groups in total. The Bertz CT molecular complexity index is 1050. The van der Waals surface area contributed by atoms with E-state index in [1.807, 2.05) is 24.6 Å². The smallest absolute Gasteiger partial charge is 0.256 e. The summed E-state index contributed by atoms with van der Waals surface area (Å²) in [5.41, 5.74) is 3.24. The number of Topliss-reactive ketones (excluding diaryl/α,β-unsaturated/α-hetero) is 1. The van der Waals surface area contributed by atoms with Crippen LogP contribution >= 0.6 is 0 Å². The molecule has 0 unspecified atom stereocenters. The van der Waals surface area contributed by atoms with Crippen molar-refractivity contribution in [2.24, 2.45) is 0 Å². The van der Waals surface area contributed by atoms with E-state index in [4.69, 9.17) is 4.98 Å². The van der Waals surface area contributed by atoms with Gasteiger partial charge in [-0.15, -0.1) is 0 Å². The summed E-state index contributed by atoms with van der Waals surface area (Å²) in [5, 5.41) is 8.06. The molecule has 1 saturated carbocycles. The fraction of sp³-hybridized carbons (Fsp3) is 0.333. The average molecular weight is 362 g/mol. The van der Waals surface area contributed by atoms with Gasteiger partial charge in [-0.05, 0) is 51.8 Å². The van der Waals surface area contributed by atoms with E-state index in [1.54, 1.807) is 30.5 Å². The van der Waals surface area contributed by atoms with Crippen LogP contribution in [-0.4, -0.2) is 26.5 Å². The van der Waals surface area contributed by atoms with Gasteiger partial charge in [0.05, 0.1) is 22.8 Å². The van der Waals surface area contributed by atoms with Gasteiger partial charge >= 0.3 is 0 Å². The van der Waals surface area contributed by atoms with Crippen LogP contribution in [0.2, 0.25) is 0 Å². The van der Waals surface area contributed by atoms with Crippen molar-refractivity contribution in [3.05, 3.63) is 53.3 Å². The highest BCUT2D eigenvalue weighted by atomic mass is 16.1. The van der Waals surface area contributed by atoms with Crippen LogP contribution in [0.5, 0.6) is 0 Å². The standard InChI is InChI=1S/C21H22N4O2/c1-12(2)25-20-17(11-22-25)16(10-19(23-20)14-8-9-14)21(27)24-18-7-5-4-6-15(18)13(3)26/h4-7,10-12,14H,8-9H2,1-3H3,(H,24,27). The van der Waals surface area contributed by atoms with Gasteiger partial charge in [0.1, 0.15) is 0 Å². The predicted molar refractivity (Wildman–Crippen MR) is 104 cm³/mol. The Kier molecular flexibility index (Phi) is 4.26. The van der Waals surface area contributed by atoms with Crippen LogP contribution in [0.1, 0.15) is 72.0 Å². The number of ketones is 1. The molecule has 2 aromatic heterocycles. The lowest BCUT2D eigenvalue weighted by Gasteiger charge is -2.12. The fourth-order valence-electron chi connectivity index (χ4n) is 3.28. The number of hydrogen-bond acceptors (Lipinski definition) is 4. The molecule has 6 heteroatoms. The Labute approximate surface area is 157 Å². The lowest BCUT2D eigenvalue weighted by molar-refractivity contribution is 0.101. The summed E-state index contributed by atoms with van der Waals surface area (Å²) >= 11 is 0. The van der Waals surface area contributed by atoms with E-state index in [2.05, 4.69) is 10.4 Å². The van der Waals surface area contributed by atoms with Crippen molar-refractivity contribution < 1.29 is 9.59 Å². The number of carbonyl (C=O) groups is 2. The van der Waals surface area contributed by atoms with Crippen LogP contribution < -0.4 is 5.32 Å². The Morgan fingerprint density at radius 2 is 1.93 bits per heavy atom. The van der Waals surface area contributed by atoms with E-state index < -0.39 is 0 Å². The third-order valence-corrected chi connectivity index (χ3v) is 4.87. The highest BCUT2D eigenvalue weighted by Gasteiger charge is 2.28. The number of anilines is 1. The molecule has 1 fully saturated rings. The highest BCUT2D eigenvalue weighted by Crippen LogP contribution is 2.40.